The lowest BCUT2D eigenvalue weighted by Crippen LogP contribution is -2.40. The molecule has 1 N–H and O–H groups in total. The number of nitrogens with zero attached hydrogens (tertiary/aromatic N) is 2. The van der Waals surface area contributed by atoms with E-state index in [1.54, 1.807) is 18.2 Å². The van der Waals surface area contributed by atoms with Crippen LogP contribution in [0.15, 0.2) is 52.0 Å². The molecule has 0 unspecified atom stereocenters. The molecule has 2 heterocycles. The molecule has 2 saturated carbocycles. The molecule has 5 aliphatic rings. The number of carboxylic acid groups (broad SMARTS) is 1. The zero-order valence-electron chi connectivity index (χ0n) is 16.1. The van der Waals surface area contributed by atoms with Crippen molar-refractivity contribution >= 4 is 35.6 Å². The molecule has 1 aromatic heterocycles. The van der Waals surface area contributed by atoms with Gasteiger partial charge in [0, 0.05) is 5.56 Å². The largest absolute Gasteiger partial charge is 0.478 e. The normalized spacial score (nSPS) is 32.6. The Kier molecular flexibility index (Phi) is 3.84. The molecule has 2 bridgehead atoms. The average molecular weight is 437 g/mol. The fourth-order valence-electron chi connectivity index (χ4n) is 5.59. The third-order valence-electron chi connectivity index (χ3n) is 7.05. The van der Waals surface area contributed by atoms with Gasteiger partial charge < -0.3 is 9.52 Å². The molecule has 4 aliphatic carbocycles. The molecule has 7 nitrogen and oxygen atoms in total. The van der Waals surface area contributed by atoms with Crippen molar-refractivity contribution in [2.75, 3.05) is 0 Å². The maximum absolute atomic E-state index is 12.9. The van der Waals surface area contributed by atoms with Crippen LogP contribution in [-0.2, 0) is 9.59 Å². The highest BCUT2D eigenvalue weighted by Crippen LogP contribution is 2.65. The Morgan fingerprint density at radius 1 is 1.10 bits per heavy atom. The SMILES string of the molecule is O=C(O)c1cc(-c2ccc(/C=N\N3C(=O)[C@@H]4[C@@H]5C=C[C@@H]([C@@H]6C[C@H]56)[C@@H]4C3=O)o2)ccc1Cl. The van der Waals surface area contributed by atoms with Gasteiger partial charge in [-0.3, -0.25) is 9.59 Å². The van der Waals surface area contributed by atoms with Gasteiger partial charge in [0.05, 0.1) is 28.6 Å². The quantitative estimate of drug-likeness (QED) is 0.447. The molecular formula is C23H17ClN2O5. The molecule has 31 heavy (non-hydrogen) atoms. The van der Waals surface area contributed by atoms with Gasteiger partial charge in [0.1, 0.15) is 11.5 Å². The molecule has 0 radical (unpaired) electrons. The maximum atomic E-state index is 12.9. The van der Waals surface area contributed by atoms with Crippen molar-refractivity contribution in [1.29, 1.82) is 0 Å². The number of carbonyl (C=O) groups is 3. The van der Waals surface area contributed by atoms with Gasteiger partial charge in [0.2, 0.25) is 0 Å². The van der Waals surface area contributed by atoms with Crippen molar-refractivity contribution in [3.8, 4) is 11.3 Å². The number of aromatic carboxylic acids is 1. The van der Waals surface area contributed by atoms with E-state index in [9.17, 15) is 19.5 Å². The Balaban J connectivity index is 1.24. The maximum Gasteiger partial charge on any atom is 0.337 e. The van der Waals surface area contributed by atoms with Gasteiger partial charge in [-0.1, -0.05) is 23.8 Å². The summed E-state index contributed by atoms with van der Waals surface area (Å²) in [5.41, 5.74) is 0.519. The van der Waals surface area contributed by atoms with Gasteiger partial charge >= 0.3 is 5.97 Å². The lowest BCUT2D eigenvalue weighted by molar-refractivity contribution is -0.140. The number of benzene rings is 1. The minimum Gasteiger partial charge on any atom is -0.478 e. The van der Waals surface area contributed by atoms with Gasteiger partial charge in [-0.15, -0.1) is 0 Å². The molecule has 1 aromatic carbocycles. The summed E-state index contributed by atoms with van der Waals surface area (Å²) < 4.78 is 5.73. The number of allylic oxidation sites excluding steroid dienone is 2. The number of hydrogen-bond acceptors (Lipinski definition) is 5. The van der Waals surface area contributed by atoms with Gasteiger partial charge in [0.15, 0.2) is 0 Å². The van der Waals surface area contributed by atoms with E-state index >= 15 is 0 Å². The Bertz CT molecular complexity index is 1180. The van der Waals surface area contributed by atoms with E-state index in [1.807, 2.05) is 0 Å². The molecule has 156 valence electrons. The van der Waals surface area contributed by atoms with Crippen LogP contribution in [0.4, 0.5) is 0 Å². The van der Waals surface area contributed by atoms with Gasteiger partial charge in [-0.25, -0.2) is 4.79 Å². The van der Waals surface area contributed by atoms with E-state index in [2.05, 4.69) is 17.3 Å². The number of halogens is 1. The Morgan fingerprint density at radius 2 is 1.77 bits per heavy atom. The first-order valence-corrected chi connectivity index (χ1v) is 10.5. The Hall–Kier alpha value is -3.19. The molecule has 0 spiro atoms. The number of furan rings is 1. The summed E-state index contributed by atoms with van der Waals surface area (Å²) in [5.74, 6) is -0.0124. The molecule has 6 atom stereocenters. The monoisotopic (exact) mass is 436 g/mol. The summed E-state index contributed by atoms with van der Waals surface area (Å²) in [5, 5.41) is 14.5. The average Bonchev–Trinajstić information content (AvgIpc) is 3.39. The van der Waals surface area contributed by atoms with Crippen LogP contribution in [-0.4, -0.2) is 34.1 Å². The first-order valence-electron chi connectivity index (χ1n) is 10.2. The first kappa shape index (κ1) is 18.6. The molecule has 2 amide bonds. The summed E-state index contributed by atoms with van der Waals surface area (Å²) in [6.07, 6.45) is 6.70. The summed E-state index contributed by atoms with van der Waals surface area (Å²) in [6, 6.07) is 7.89. The second-order valence-corrected chi connectivity index (χ2v) is 9.00. The van der Waals surface area contributed by atoms with E-state index in [-0.39, 0.29) is 46.1 Å². The van der Waals surface area contributed by atoms with Gasteiger partial charge in [-0.05, 0) is 60.4 Å². The van der Waals surface area contributed by atoms with Crippen LogP contribution >= 0.6 is 11.6 Å². The number of hydrogen-bond donors (Lipinski definition) is 1. The van der Waals surface area contributed by atoms with Crippen LogP contribution < -0.4 is 0 Å². The van der Waals surface area contributed by atoms with E-state index in [1.165, 1.54) is 18.3 Å². The predicted molar refractivity (Wildman–Crippen MR) is 110 cm³/mol. The third kappa shape index (κ3) is 2.66. The number of hydrazone groups is 1. The van der Waals surface area contributed by atoms with Crippen LogP contribution in [0.25, 0.3) is 11.3 Å². The van der Waals surface area contributed by atoms with Crippen molar-refractivity contribution in [2.45, 2.75) is 6.42 Å². The lowest BCUT2D eigenvalue weighted by Gasteiger charge is -2.37. The molecule has 1 aliphatic heterocycles. The van der Waals surface area contributed by atoms with Gasteiger partial charge in [0.25, 0.3) is 11.8 Å². The molecule has 3 fully saturated rings. The number of carbonyl (C=O) groups excluding carboxylic acids is 2. The van der Waals surface area contributed by atoms with Crippen LogP contribution in [0.1, 0.15) is 22.5 Å². The van der Waals surface area contributed by atoms with E-state index < -0.39 is 5.97 Å². The minimum atomic E-state index is -1.13. The van der Waals surface area contributed by atoms with Crippen molar-refractivity contribution in [2.24, 2.45) is 40.6 Å². The molecule has 8 heteroatoms. The summed E-state index contributed by atoms with van der Waals surface area (Å²) in [4.78, 5) is 37.2. The van der Waals surface area contributed by atoms with Crippen LogP contribution in [0.2, 0.25) is 5.02 Å². The Morgan fingerprint density at radius 3 is 2.42 bits per heavy atom. The highest BCUT2D eigenvalue weighted by molar-refractivity contribution is 6.33. The van der Waals surface area contributed by atoms with Crippen LogP contribution in [0, 0.1) is 35.5 Å². The number of imide groups is 1. The van der Waals surface area contributed by atoms with Crippen LogP contribution in [0.5, 0.6) is 0 Å². The summed E-state index contributed by atoms with van der Waals surface area (Å²) >= 11 is 5.92. The highest BCUT2D eigenvalue weighted by atomic mass is 35.5. The molecule has 2 aromatic rings. The number of rotatable bonds is 4. The van der Waals surface area contributed by atoms with E-state index in [0.29, 0.717) is 28.9 Å². The lowest BCUT2D eigenvalue weighted by atomic mass is 9.63. The predicted octanol–water partition coefficient (Wildman–Crippen LogP) is 3.69. The standard InChI is InChI=1S/C23H17ClN2O5/c24-17-5-1-10(7-16(17)23(29)30)18-6-2-11(31-18)9-25-26-21(27)19-12-3-4-13(15-8-14(12)15)20(19)22(26)28/h1-7,9,12-15,19-20H,8H2,(H,29,30)/b25-9-/t12-,13+,14-,15+,19-,20+. The fourth-order valence-corrected chi connectivity index (χ4v) is 5.79. The summed E-state index contributed by atoms with van der Waals surface area (Å²) in [6.45, 7) is 0. The van der Waals surface area contributed by atoms with Crippen molar-refractivity contribution in [3.63, 3.8) is 0 Å². The van der Waals surface area contributed by atoms with Crippen molar-refractivity contribution in [3.05, 3.63) is 58.8 Å². The summed E-state index contributed by atoms with van der Waals surface area (Å²) in [7, 11) is 0. The molecular weight excluding hydrogens is 420 g/mol. The van der Waals surface area contributed by atoms with Crippen LogP contribution in [0.3, 0.4) is 0 Å². The molecule has 1 saturated heterocycles. The topological polar surface area (TPSA) is 100 Å². The molecule has 7 rings (SSSR count). The van der Waals surface area contributed by atoms with Gasteiger partial charge in [-0.2, -0.15) is 10.1 Å². The minimum absolute atomic E-state index is 0.0251. The highest BCUT2D eigenvalue weighted by Gasteiger charge is 2.67. The van der Waals surface area contributed by atoms with Crippen molar-refractivity contribution < 1.29 is 23.9 Å². The second kappa shape index (κ2) is 6.40. The zero-order chi connectivity index (χ0) is 21.4. The Labute approximate surface area is 182 Å². The number of amides is 2. The second-order valence-electron chi connectivity index (χ2n) is 8.59. The third-order valence-corrected chi connectivity index (χ3v) is 7.38. The first-order chi connectivity index (χ1) is 14.9. The zero-order valence-corrected chi connectivity index (χ0v) is 16.9. The fraction of sp³-hybridized carbons (Fsp3) is 0.304. The van der Waals surface area contributed by atoms with Crippen molar-refractivity contribution in [1.82, 2.24) is 5.01 Å². The smallest absolute Gasteiger partial charge is 0.337 e. The van der Waals surface area contributed by atoms with E-state index in [4.69, 9.17) is 16.0 Å². The number of carboxylic acids is 1. The van der Waals surface area contributed by atoms with E-state index in [0.717, 1.165) is 11.4 Å².